The molecule has 2 aromatic rings. The number of hydrogen-bond acceptors (Lipinski definition) is 7. The van der Waals surface area contributed by atoms with Gasteiger partial charge in [-0.25, -0.2) is 0 Å². The van der Waals surface area contributed by atoms with E-state index in [0.29, 0.717) is 36.0 Å². The predicted octanol–water partition coefficient (Wildman–Crippen LogP) is 3.59. The van der Waals surface area contributed by atoms with Crippen LogP contribution in [0.15, 0.2) is 72.8 Å². The summed E-state index contributed by atoms with van der Waals surface area (Å²) in [5, 5.41) is 10.6. The van der Waals surface area contributed by atoms with Gasteiger partial charge in [-0.1, -0.05) is 38.2 Å². The van der Waals surface area contributed by atoms with Crippen molar-refractivity contribution in [3.05, 3.63) is 72.8 Å². The first-order valence-electron chi connectivity index (χ1n) is 15.6. The normalized spacial score (nSPS) is 29.8. The Morgan fingerprint density at radius 3 is 2.00 bits per heavy atom. The average molecular weight is 616 g/mol. The molecule has 0 bridgehead atoms. The topological polar surface area (TPSA) is 109 Å². The van der Waals surface area contributed by atoms with Crippen molar-refractivity contribution in [1.29, 1.82) is 0 Å². The molecule has 2 aromatic carbocycles. The van der Waals surface area contributed by atoms with Crippen LogP contribution in [0, 0.1) is 17.8 Å². The zero-order chi connectivity index (χ0) is 32.1. The van der Waals surface area contributed by atoms with Gasteiger partial charge >= 0.3 is 0 Å². The van der Waals surface area contributed by atoms with Gasteiger partial charge in [-0.05, 0) is 68.3 Å². The van der Waals surface area contributed by atoms with Gasteiger partial charge in [-0.2, -0.15) is 0 Å². The minimum atomic E-state index is -1.43. The number of carbonyl (C=O) groups excluding carboxylic acids is 3. The van der Waals surface area contributed by atoms with Crippen molar-refractivity contribution in [2.45, 2.75) is 51.0 Å². The molecule has 4 aliphatic heterocycles. The summed E-state index contributed by atoms with van der Waals surface area (Å²) in [5.41, 5.74) is -1.28. The lowest BCUT2D eigenvalue weighted by molar-refractivity contribution is -0.149. The molecule has 1 spiro atoms. The largest absolute Gasteiger partial charge is 0.497 e. The average Bonchev–Trinajstić information content (AvgIpc) is 3.29. The third kappa shape index (κ3) is 4.82. The van der Waals surface area contributed by atoms with Crippen molar-refractivity contribution in [2.24, 2.45) is 17.8 Å². The maximum atomic E-state index is 14.8. The summed E-state index contributed by atoms with van der Waals surface area (Å²) in [6, 6.07) is 12.7. The van der Waals surface area contributed by atoms with Crippen LogP contribution in [0.1, 0.15) is 27.7 Å². The van der Waals surface area contributed by atoms with Crippen LogP contribution in [0.25, 0.3) is 0 Å². The molecule has 3 amide bonds. The van der Waals surface area contributed by atoms with E-state index in [-0.39, 0.29) is 36.8 Å². The van der Waals surface area contributed by atoms with Crippen molar-refractivity contribution in [3.8, 4) is 11.5 Å². The number of rotatable bonds is 8. The Kier molecular flexibility index (Phi) is 7.99. The van der Waals surface area contributed by atoms with E-state index in [2.05, 4.69) is 0 Å². The number of anilines is 2. The molecule has 6 atom stereocenters. The SMILES string of the molecule is CCOc1ccc(N2CC=C[C@@]3(C)O[C@]45C=CCN(c6ccc(OC)cc6)C(=O)C4N([C@@H](CO)C(C)C)C(=O)[C@@H]5[C@H]3C2=O)cc1. The van der Waals surface area contributed by atoms with Crippen molar-refractivity contribution >= 4 is 29.1 Å². The highest BCUT2D eigenvalue weighted by Gasteiger charge is 2.75. The summed E-state index contributed by atoms with van der Waals surface area (Å²) in [7, 11) is 1.58. The van der Waals surface area contributed by atoms with E-state index in [0.717, 1.165) is 0 Å². The lowest BCUT2D eigenvalue weighted by Gasteiger charge is -2.41. The molecule has 2 saturated heterocycles. The second kappa shape index (κ2) is 11.7. The van der Waals surface area contributed by atoms with Crippen LogP contribution in [0.2, 0.25) is 0 Å². The van der Waals surface area contributed by atoms with E-state index in [1.165, 1.54) is 4.90 Å². The van der Waals surface area contributed by atoms with Gasteiger partial charge in [0.25, 0.3) is 5.91 Å². The number of ether oxygens (including phenoxy) is 3. The van der Waals surface area contributed by atoms with E-state index in [4.69, 9.17) is 14.2 Å². The van der Waals surface area contributed by atoms with E-state index < -0.39 is 35.1 Å². The van der Waals surface area contributed by atoms with Crippen molar-refractivity contribution in [1.82, 2.24) is 4.90 Å². The third-order valence-corrected chi connectivity index (χ3v) is 9.65. The molecule has 10 heteroatoms. The smallest absolute Gasteiger partial charge is 0.253 e. The van der Waals surface area contributed by atoms with Gasteiger partial charge < -0.3 is 34.0 Å². The summed E-state index contributed by atoms with van der Waals surface area (Å²) in [4.78, 5) is 48.9. The van der Waals surface area contributed by atoms with Crippen LogP contribution in [0.3, 0.4) is 0 Å². The summed E-state index contributed by atoms with van der Waals surface area (Å²) < 4.78 is 17.9. The Morgan fingerprint density at radius 1 is 0.867 bits per heavy atom. The maximum Gasteiger partial charge on any atom is 0.253 e. The number of methoxy groups -OCH3 is 1. The molecule has 1 unspecified atom stereocenters. The molecule has 4 heterocycles. The van der Waals surface area contributed by atoms with Gasteiger partial charge in [0.15, 0.2) is 0 Å². The fourth-order valence-corrected chi connectivity index (χ4v) is 7.55. The van der Waals surface area contributed by atoms with E-state index in [9.17, 15) is 19.5 Å². The number of amides is 3. The second-order valence-electron chi connectivity index (χ2n) is 12.6. The van der Waals surface area contributed by atoms with Crippen molar-refractivity contribution in [3.63, 3.8) is 0 Å². The minimum Gasteiger partial charge on any atom is -0.497 e. The Hall–Kier alpha value is -4.15. The number of likely N-dealkylation sites (tertiary alicyclic amines) is 1. The van der Waals surface area contributed by atoms with Crippen LogP contribution in [0.4, 0.5) is 11.4 Å². The molecule has 45 heavy (non-hydrogen) atoms. The van der Waals surface area contributed by atoms with Crippen molar-refractivity contribution < 1.29 is 33.7 Å². The fourth-order valence-electron chi connectivity index (χ4n) is 7.55. The molecule has 0 saturated carbocycles. The van der Waals surface area contributed by atoms with Gasteiger partial charge in [0.1, 0.15) is 23.1 Å². The first kappa shape index (κ1) is 30.9. The van der Waals surface area contributed by atoms with Gasteiger partial charge in [0.05, 0.1) is 43.8 Å². The van der Waals surface area contributed by atoms with Gasteiger partial charge in [0.2, 0.25) is 11.8 Å². The summed E-state index contributed by atoms with van der Waals surface area (Å²) in [6.07, 6.45) is 7.42. The number of nitrogens with zero attached hydrogens (tertiary/aromatic N) is 3. The predicted molar refractivity (Wildman–Crippen MR) is 169 cm³/mol. The highest BCUT2D eigenvalue weighted by molar-refractivity contribution is 6.07. The zero-order valence-electron chi connectivity index (χ0n) is 26.4. The van der Waals surface area contributed by atoms with Crippen LogP contribution >= 0.6 is 0 Å². The highest BCUT2D eigenvalue weighted by Crippen LogP contribution is 2.58. The molecule has 4 aliphatic rings. The van der Waals surface area contributed by atoms with Crippen LogP contribution in [-0.2, 0) is 19.1 Å². The Labute approximate surface area is 263 Å². The zero-order valence-corrected chi connectivity index (χ0v) is 26.4. The molecule has 6 rings (SSSR count). The molecular formula is C35H41N3O7. The summed E-state index contributed by atoms with van der Waals surface area (Å²) >= 11 is 0. The first-order chi connectivity index (χ1) is 21.6. The minimum absolute atomic E-state index is 0.166. The van der Waals surface area contributed by atoms with Crippen LogP contribution < -0.4 is 19.3 Å². The lowest BCUT2D eigenvalue weighted by Crippen LogP contribution is -2.59. The van der Waals surface area contributed by atoms with Gasteiger partial charge in [0, 0.05) is 24.5 Å². The lowest BCUT2D eigenvalue weighted by atomic mass is 9.74. The molecule has 0 radical (unpaired) electrons. The number of carbonyl (C=O) groups is 3. The molecule has 2 fully saturated rings. The molecule has 0 aromatic heterocycles. The van der Waals surface area contributed by atoms with Crippen molar-refractivity contribution in [2.75, 3.05) is 43.2 Å². The van der Waals surface area contributed by atoms with Crippen LogP contribution in [-0.4, -0.2) is 84.4 Å². The molecular weight excluding hydrogens is 574 g/mol. The quantitative estimate of drug-likeness (QED) is 0.453. The molecule has 10 nitrogen and oxygen atoms in total. The molecule has 238 valence electrons. The van der Waals surface area contributed by atoms with Crippen LogP contribution in [0.5, 0.6) is 11.5 Å². The van der Waals surface area contributed by atoms with E-state index in [1.54, 1.807) is 41.2 Å². The number of fused-ring (bicyclic) bond motifs is 2. The fraction of sp³-hybridized carbons (Fsp3) is 0.457. The number of hydrogen-bond donors (Lipinski definition) is 1. The Bertz CT molecular complexity index is 1520. The first-order valence-corrected chi connectivity index (χ1v) is 15.6. The number of aliphatic hydroxyl groups is 1. The number of benzene rings is 2. The summed E-state index contributed by atoms with van der Waals surface area (Å²) in [6.45, 7) is 8.29. The molecule has 0 aliphatic carbocycles. The maximum absolute atomic E-state index is 14.8. The van der Waals surface area contributed by atoms with Gasteiger partial charge in [-0.3, -0.25) is 14.4 Å². The second-order valence-corrected chi connectivity index (χ2v) is 12.6. The van der Waals surface area contributed by atoms with E-state index in [1.807, 2.05) is 76.3 Å². The number of aliphatic hydroxyl groups excluding tert-OH is 1. The van der Waals surface area contributed by atoms with Gasteiger partial charge in [-0.15, -0.1) is 0 Å². The van der Waals surface area contributed by atoms with E-state index >= 15 is 0 Å². The highest BCUT2D eigenvalue weighted by atomic mass is 16.5. The Balaban J connectivity index is 1.46. The standard InChI is InChI=1S/C35H41N3O7/c1-6-44-26-15-11-23(12-16-26)36-19-7-17-34(4)28(31(36)40)29-32(41)38(27(21-39)22(2)3)30-33(42)37(20-8-18-35(29,30)45-34)24-9-13-25(43-5)14-10-24/h7-18,22,27-30,39H,6,19-21H2,1-5H3/t27-,28-,29-,30?,34+,35-/m0/s1. The Morgan fingerprint density at radius 2 is 1.44 bits per heavy atom. The third-order valence-electron chi connectivity index (χ3n) is 9.65. The summed E-state index contributed by atoms with van der Waals surface area (Å²) in [5.74, 6) is -1.68. The molecule has 1 N–H and O–H groups in total. The monoisotopic (exact) mass is 615 g/mol.